The summed E-state index contributed by atoms with van der Waals surface area (Å²) in [4.78, 5) is 12.0. The van der Waals surface area contributed by atoms with Gasteiger partial charge in [-0.3, -0.25) is 4.79 Å². The summed E-state index contributed by atoms with van der Waals surface area (Å²) in [7, 11) is 0. The van der Waals surface area contributed by atoms with Crippen molar-refractivity contribution in [3.05, 3.63) is 23.7 Å². The molecule has 4 nitrogen and oxygen atoms in total. The molecule has 1 aromatic rings. The Balaban J connectivity index is 1.51. The molecule has 2 fully saturated rings. The van der Waals surface area contributed by atoms with Gasteiger partial charge < -0.3 is 15.5 Å². The lowest BCUT2D eigenvalue weighted by Crippen LogP contribution is -2.28. The second-order valence-corrected chi connectivity index (χ2v) is 5.88. The summed E-state index contributed by atoms with van der Waals surface area (Å²) in [6.07, 6.45) is 9.46. The highest BCUT2D eigenvalue weighted by atomic mass is 16.3. The van der Waals surface area contributed by atoms with E-state index in [1.54, 1.807) is 6.07 Å². The van der Waals surface area contributed by atoms with Crippen molar-refractivity contribution in [1.82, 2.24) is 5.32 Å². The van der Waals surface area contributed by atoms with Gasteiger partial charge in [-0.2, -0.15) is 0 Å². The normalized spacial score (nSPS) is 27.2. The average molecular weight is 262 g/mol. The summed E-state index contributed by atoms with van der Waals surface area (Å²) < 4.78 is 5.19. The summed E-state index contributed by atoms with van der Waals surface area (Å²) in [6, 6.07) is 2.11. The zero-order chi connectivity index (χ0) is 13.2. The smallest absolute Gasteiger partial charge is 0.254 e. The maximum atomic E-state index is 12.0. The van der Waals surface area contributed by atoms with Crippen molar-refractivity contribution in [2.75, 3.05) is 0 Å². The highest BCUT2D eigenvalue weighted by molar-refractivity contribution is 5.94. The highest BCUT2D eigenvalue weighted by Gasteiger charge is 2.43. The molecule has 1 amide bonds. The number of nitrogens with two attached hydrogens (primary N) is 1. The molecule has 0 aromatic carbocycles. The van der Waals surface area contributed by atoms with Crippen LogP contribution in [0.3, 0.4) is 0 Å². The molecule has 0 saturated heterocycles. The van der Waals surface area contributed by atoms with Crippen molar-refractivity contribution in [1.29, 1.82) is 0 Å². The van der Waals surface area contributed by atoms with E-state index in [9.17, 15) is 4.79 Å². The molecule has 1 heterocycles. The molecule has 2 aliphatic rings. The quantitative estimate of drug-likeness (QED) is 0.875. The first kappa shape index (κ1) is 12.7. The van der Waals surface area contributed by atoms with Gasteiger partial charge in [-0.05, 0) is 24.3 Å². The maximum Gasteiger partial charge on any atom is 0.254 e. The Bertz CT molecular complexity index is 449. The minimum absolute atomic E-state index is 0.0215. The number of amides is 1. The van der Waals surface area contributed by atoms with Gasteiger partial charge in [-0.25, -0.2) is 0 Å². The van der Waals surface area contributed by atoms with Gasteiger partial charge in [0.25, 0.3) is 5.91 Å². The van der Waals surface area contributed by atoms with Crippen LogP contribution < -0.4 is 11.1 Å². The molecule has 0 radical (unpaired) electrons. The molecule has 2 aliphatic carbocycles. The number of hydrogen-bond acceptors (Lipinski definition) is 3. The number of carbonyl (C=O) groups is 1. The van der Waals surface area contributed by atoms with E-state index in [-0.39, 0.29) is 5.91 Å². The predicted octanol–water partition coefficient (Wildman–Crippen LogP) is 2.44. The standard InChI is InChI=1S/C15H22N2O2/c16-8-12-6-11(9-19-12)15(18)17-14-7-13(14)10-4-2-1-3-5-10/h6,9-10,13-14H,1-5,7-8,16H2,(H,17,18). The van der Waals surface area contributed by atoms with E-state index in [0.29, 0.717) is 29.8 Å². The number of hydrogen-bond donors (Lipinski definition) is 2. The highest BCUT2D eigenvalue weighted by Crippen LogP contribution is 2.44. The molecular formula is C15H22N2O2. The second kappa shape index (κ2) is 5.37. The van der Waals surface area contributed by atoms with Crippen molar-refractivity contribution in [3.63, 3.8) is 0 Å². The van der Waals surface area contributed by atoms with Crippen LogP contribution in [0.15, 0.2) is 16.7 Å². The van der Waals surface area contributed by atoms with E-state index in [0.717, 1.165) is 12.3 Å². The molecule has 2 saturated carbocycles. The summed E-state index contributed by atoms with van der Waals surface area (Å²) >= 11 is 0. The van der Waals surface area contributed by atoms with Crippen LogP contribution in [0.5, 0.6) is 0 Å². The molecule has 0 bridgehead atoms. The Morgan fingerprint density at radius 3 is 2.84 bits per heavy atom. The van der Waals surface area contributed by atoms with Crippen LogP contribution in [0.2, 0.25) is 0 Å². The zero-order valence-corrected chi connectivity index (χ0v) is 11.2. The monoisotopic (exact) mass is 262 g/mol. The first-order chi connectivity index (χ1) is 9.28. The van der Waals surface area contributed by atoms with Crippen LogP contribution in [0.1, 0.15) is 54.6 Å². The predicted molar refractivity (Wildman–Crippen MR) is 72.5 cm³/mol. The van der Waals surface area contributed by atoms with Gasteiger partial charge in [0.05, 0.1) is 12.1 Å². The van der Waals surface area contributed by atoms with E-state index in [2.05, 4.69) is 5.32 Å². The number of rotatable bonds is 4. The topological polar surface area (TPSA) is 68.3 Å². The van der Waals surface area contributed by atoms with E-state index in [1.165, 1.54) is 38.4 Å². The van der Waals surface area contributed by atoms with Crippen LogP contribution in [-0.4, -0.2) is 11.9 Å². The van der Waals surface area contributed by atoms with Gasteiger partial charge in [0.2, 0.25) is 0 Å². The van der Waals surface area contributed by atoms with Crippen molar-refractivity contribution in [2.45, 2.75) is 51.1 Å². The molecular weight excluding hydrogens is 240 g/mol. The lowest BCUT2D eigenvalue weighted by molar-refractivity contribution is 0.0946. The molecule has 2 unspecified atom stereocenters. The molecule has 3 rings (SSSR count). The molecule has 19 heavy (non-hydrogen) atoms. The lowest BCUT2D eigenvalue weighted by atomic mass is 9.85. The van der Waals surface area contributed by atoms with Gasteiger partial charge in [-0.1, -0.05) is 32.1 Å². The Kier molecular flexibility index (Phi) is 3.60. The Hall–Kier alpha value is -1.29. The molecule has 2 atom stereocenters. The largest absolute Gasteiger partial charge is 0.467 e. The third-order valence-electron chi connectivity index (χ3n) is 4.53. The van der Waals surface area contributed by atoms with Crippen molar-refractivity contribution >= 4 is 5.91 Å². The number of nitrogens with one attached hydrogen (secondary N) is 1. The second-order valence-electron chi connectivity index (χ2n) is 5.88. The van der Waals surface area contributed by atoms with Gasteiger partial charge in [0, 0.05) is 6.04 Å². The zero-order valence-electron chi connectivity index (χ0n) is 11.2. The van der Waals surface area contributed by atoms with Crippen molar-refractivity contribution in [2.24, 2.45) is 17.6 Å². The fraction of sp³-hybridized carbons (Fsp3) is 0.667. The fourth-order valence-electron chi connectivity index (χ4n) is 3.32. The van der Waals surface area contributed by atoms with Gasteiger partial charge in [-0.15, -0.1) is 0 Å². The minimum atomic E-state index is -0.0215. The third kappa shape index (κ3) is 2.84. The van der Waals surface area contributed by atoms with Crippen molar-refractivity contribution < 1.29 is 9.21 Å². The average Bonchev–Trinajstić information content (AvgIpc) is 3.04. The maximum absolute atomic E-state index is 12.0. The summed E-state index contributed by atoms with van der Waals surface area (Å²) in [5.41, 5.74) is 6.06. The van der Waals surface area contributed by atoms with Crippen LogP contribution >= 0.6 is 0 Å². The van der Waals surface area contributed by atoms with Crippen LogP contribution in [0, 0.1) is 11.8 Å². The molecule has 104 valence electrons. The molecule has 3 N–H and O–H groups in total. The van der Waals surface area contributed by atoms with E-state index in [1.807, 2.05) is 0 Å². The van der Waals surface area contributed by atoms with Crippen molar-refractivity contribution in [3.8, 4) is 0 Å². The Labute approximate surface area is 113 Å². The molecule has 0 spiro atoms. The minimum Gasteiger partial charge on any atom is -0.467 e. The fourth-order valence-corrected chi connectivity index (χ4v) is 3.32. The first-order valence-corrected chi connectivity index (χ1v) is 7.36. The van der Waals surface area contributed by atoms with Gasteiger partial charge in [0.15, 0.2) is 0 Å². The van der Waals surface area contributed by atoms with E-state index >= 15 is 0 Å². The van der Waals surface area contributed by atoms with Gasteiger partial charge >= 0.3 is 0 Å². The SMILES string of the molecule is NCc1cc(C(=O)NC2CC2C2CCCCC2)co1. The van der Waals surface area contributed by atoms with E-state index in [4.69, 9.17) is 10.2 Å². The molecule has 0 aliphatic heterocycles. The molecule has 4 heteroatoms. The summed E-state index contributed by atoms with van der Waals surface area (Å²) in [5, 5.41) is 3.12. The van der Waals surface area contributed by atoms with Crippen LogP contribution in [0.4, 0.5) is 0 Å². The van der Waals surface area contributed by atoms with Crippen LogP contribution in [0.25, 0.3) is 0 Å². The van der Waals surface area contributed by atoms with Crippen LogP contribution in [-0.2, 0) is 6.54 Å². The molecule has 1 aromatic heterocycles. The lowest BCUT2D eigenvalue weighted by Gasteiger charge is -2.21. The first-order valence-electron chi connectivity index (χ1n) is 7.36. The Morgan fingerprint density at radius 2 is 2.16 bits per heavy atom. The Morgan fingerprint density at radius 1 is 1.37 bits per heavy atom. The number of carbonyl (C=O) groups excluding carboxylic acids is 1. The summed E-state index contributed by atoms with van der Waals surface area (Å²) in [5.74, 6) is 2.18. The summed E-state index contributed by atoms with van der Waals surface area (Å²) in [6.45, 7) is 0.335. The number of furan rings is 1. The van der Waals surface area contributed by atoms with E-state index < -0.39 is 0 Å². The third-order valence-corrected chi connectivity index (χ3v) is 4.53. The van der Waals surface area contributed by atoms with Gasteiger partial charge in [0.1, 0.15) is 12.0 Å².